The molecule has 1 heterocycles. The molecule has 6 heteroatoms. The zero-order valence-electron chi connectivity index (χ0n) is 8.97. The molecule has 0 unspecified atom stereocenters. The number of hydrogen-bond donors (Lipinski definition) is 0. The molecule has 0 radical (unpaired) electrons. The van der Waals surface area contributed by atoms with E-state index >= 15 is 0 Å². The van der Waals surface area contributed by atoms with Gasteiger partial charge in [-0.3, -0.25) is 0 Å². The Morgan fingerprint density at radius 1 is 1.53 bits per heavy atom. The molecular formula is C9H15N3O3. The van der Waals surface area contributed by atoms with Crippen molar-refractivity contribution in [1.82, 2.24) is 14.8 Å². The van der Waals surface area contributed by atoms with Crippen LogP contribution in [0.3, 0.4) is 0 Å². The number of nitrogens with zero attached hydrogens (tertiary/aromatic N) is 3. The Morgan fingerprint density at radius 3 is 3.00 bits per heavy atom. The van der Waals surface area contributed by atoms with Gasteiger partial charge in [-0.05, 0) is 6.42 Å². The van der Waals surface area contributed by atoms with E-state index in [0.717, 1.165) is 13.0 Å². The van der Waals surface area contributed by atoms with Crippen LogP contribution in [0.4, 0.5) is 0 Å². The zero-order chi connectivity index (χ0) is 11.1. The van der Waals surface area contributed by atoms with Crippen LogP contribution in [0.5, 0.6) is 0 Å². The van der Waals surface area contributed by atoms with Gasteiger partial charge in [0.15, 0.2) is 0 Å². The molecule has 0 N–H and O–H groups in total. The predicted molar refractivity (Wildman–Crippen MR) is 52.5 cm³/mol. The summed E-state index contributed by atoms with van der Waals surface area (Å²) in [5.74, 6) is -0.448. The minimum Gasteiger partial charge on any atom is -0.463 e. The molecule has 0 aromatic carbocycles. The molecule has 0 aliphatic rings. The molecule has 0 spiro atoms. The maximum atomic E-state index is 11.0. The lowest BCUT2D eigenvalue weighted by Crippen LogP contribution is -2.09. The van der Waals surface area contributed by atoms with Crippen LogP contribution in [0.25, 0.3) is 0 Å². The molecule has 0 amide bonds. The summed E-state index contributed by atoms with van der Waals surface area (Å²) in [6, 6.07) is 0. The summed E-state index contributed by atoms with van der Waals surface area (Å²) in [6.07, 6.45) is 2.48. The lowest BCUT2D eigenvalue weighted by molar-refractivity contribution is 0.0585. The molecule has 0 aliphatic heterocycles. The highest BCUT2D eigenvalue weighted by Gasteiger charge is 2.10. The summed E-state index contributed by atoms with van der Waals surface area (Å²) in [4.78, 5) is 14.8. The Bertz CT molecular complexity index is 311. The molecule has 0 saturated carbocycles. The largest absolute Gasteiger partial charge is 0.463 e. The third-order valence-corrected chi connectivity index (χ3v) is 1.72. The summed E-state index contributed by atoms with van der Waals surface area (Å²) in [5.41, 5.74) is 0. The second kappa shape index (κ2) is 6.13. The lowest BCUT2D eigenvalue weighted by atomic mass is 10.5. The molecule has 0 atom stereocenters. The normalized spacial score (nSPS) is 10.3. The van der Waals surface area contributed by atoms with Crippen molar-refractivity contribution in [2.24, 2.45) is 0 Å². The Kier molecular flexibility index (Phi) is 4.76. The Balaban J connectivity index is 2.36. The van der Waals surface area contributed by atoms with E-state index < -0.39 is 5.97 Å². The van der Waals surface area contributed by atoms with E-state index in [-0.39, 0.29) is 5.82 Å². The highest BCUT2D eigenvalue weighted by atomic mass is 16.5. The summed E-state index contributed by atoms with van der Waals surface area (Å²) >= 11 is 0. The molecule has 6 nitrogen and oxygen atoms in total. The van der Waals surface area contributed by atoms with Crippen LogP contribution in [0.15, 0.2) is 6.33 Å². The smallest absolute Gasteiger partial charge is 0.377 e. The van der Waals surface area contributed by atoms with E-state index in [1.54, 1.807) is 4.68 Å². The first-order valence-corrected chi connectivity index (χ1v) is 4.83. The van der Waals surface area contributed by atoms with Crippen LogP contribution in [0.1, 0.15) is 24.0 Å². The second-order valence-electron chi connectivity index (χ2n) is 2.94. The van der Waals surface area contributed by atoms with Crippen LogP contribution >= 0.6 is 0 Å². The van der Waals surface area contributed by atoms with Gasteiger partial charge < -0.3 is 9.47 Å². The summed E-state index contributed by atoms with van der Waals surface area (Å²) in [7, 11) is 1.30. The van der Waals surface area contributed by atoms with E-state index in [2.05, 4.69) is 14.8 Å². The van der Waals surface area contributed by atoms with Gasteiger partial charge in [0.05, 0.1) is 20.3 Å². The number of carbonyl (C=O) groups is 1. The van der Waals surface area contributed by atoms with Crippen molar-refractivity contribution < 1.29 is 14.3 Å². The van der Waals surface area contributed by atoms with Gasteiger partial charge in [0, 0.05) is 6.61 Å². The summed E-state index contributed by atoms with van der Waals surface area (Å²) < 4.78 is 11.3. The van der Waals surface area contributed by atoms with Crippen molar-refractivity contribution >= 4 is 5.97 Å². The molecule has 0 fully saturated rings. The standard InChI is InChI=1S/C9H15N3O3/c1-3-5-15-6-4-12-7-10-8(11-12)9(13)14-2/h7H,3-6H2,1-2H3. The molecule has 15 heavy (non-hydrogen) atoms. The highest BCUT2D eigenvalue weighted by molar-refractivity contribution is 5.84. The van der Waals surface area contributed by atoms with Crippen molar-refractivity contribution in [2.75, 3.05) is 20.3 Å². The topological polar surface area (TPSA) is 66.2 Å². The molecule has 1 aromatic heterocycles. The number of aromatic nitrogens is 3. The van der Waals surface area contributed by atoms with Crippen molar-refractivity contribution in [3.8, 4) is 0 Å². The van der Waals surface area contributed by atoms with Crippen molar-refractivity contribution in [3.63, 3.8) is 0 Å². The first-order chi connectivity index (χ1) is 7.27. The third kappa shape index (κ3) is 3.67. The minimum absolute atomic E-state index is 0.0768. The van der Waals surface area contributed by atoms with Crippen molar-refractivity contribution in [3.05, 3.63) is 12.2 Å². The molecule has 84 valence electrons. The Labute approximate surface area is 88.2 Å². The first kappa shape index (κ1) is 11.6. The fourth-order valence-electron chi connectivity index (χ4n) is 0.992. The Morgan fingerprint density at radius 2 is 2.33 bits per heavy atom. The molecule has 0 saturated heterocycles. The number of esters is 1. The average Bonchev–Trinajstić information content (AvgIpc) is 2.72. The minimum atomic E-state index is -0.525. The summed E-state index contributed by atoms with van der Waals surface area (Å²) in [6.45, 7) is 3.94. The van der Waals surface area contributed by atoms with E-state index in [1.165, 1.54) is 13.4 Å². The number of rotatable bonds is 6. The summed E-state index contributed by atoms with van der Waals surface area (Å²) in [5, 5.41) is 3.93. The second-order valence-corrected chi connectivity index (χ2v) is 2.94. The van der Waals surface area contributed by atoms with Crippen LogP contribution in [-0.2, 0) is 16.0 Å². The van der Waals surface area contributed by atoms with Gasteiger partial charge in [0.25, 0.3) is 5.82 Å². The van der Waals surface area contributed by atoms with Gasteiger partial charge in [-0.15, -0.1) is 5.10 Å². The van der Waals surface area contributed by atoms with Gasteiger partial charge in [0.2, 0.25) is 0 Å². The number of ether oxygens (including phenoxy) is 2. The molecular weight excluding hydrogens is 198 g/mol. The molecule has 0 bridgehead atoms. The van der Waals surface area contributed by atoms with E-state index in [9.17, 15) is 4.79 Å². The SMILES string of the molecule is CCCOCCn1cnc(C(=O)OC)n1. The fourth-order valence-corrected chi connectivity index (χ4v) is 0.992. The lowest BCUT2D eigenvalue weighted by Gasteiger charge is -2.01. The monoisotopic (exact) mass is 213 g/mol. The fraction of sp³-hybridized carbons (Fsp3) is 0.667. The maximum Gasteiger partial charge on any atom is 0.377 e. The van der Waals surface area contributed by atoms with Gasteiger partial charge in [-0.25, -0.2) is 14.5 Å². The zero-order valence-corrected chi connectivity index (χ0v) is 8.97. The van der Waals surface area contributed by atoms with E-state index in [0.29, 0.717) is 13.2 Å². The number of hydrogen-bond acceptors (Lipinski definition) is 5. The van der Waals surface area contributed by atoms with Crippen LogP contribution in [-0.4, -0.2) is 41.1 Å². The van der Waals surface area contributed by atoms with Crippen LogP contribution in [0.2, 0.25) is 0 Å². The Hall–Kier alpha value is -1.43. The quantitative estimate of drug-likeness (QED) is 0.508. The van der Waals surface area contributed by atoms with Crippen molar-refractivity contribution in [2.45, 2.75) is 19.9 Å². The van der Waals surface area contributed by atoms with Gasteiger partial charge >= 0.3 is 5.97 Å². The number of methoxy groups -OCH3 is 1. The van der Waals surface area contributed by atoms with Crippen molar-refractivity contribution in [1.29, 1.82) is 0 Å². The van der Waals surface area contributed by atoms with Gasteiger partial charge in [0.1, 0.15) is 6.33 Å². The maximum absolute atomic E-state index is 11.0. The molecule has 1 aromatic rings. The highest BCUT2D eigenvalue weighted by Crippen LogP contribution is 1.93. The van der Waals surface area contributed by atoms with Gasteiger partial charge in [-0.1, -0.05) is 6.92 Å². The predicted octanol–water partition coefficient (Wildman–Crippen LogP) is 0.491. The van der Waals surface area contributed by atoms with Crippen LogP contribution < -0.4 is 0 Å². The van der Waals surface area contributed by atoms with Crippen LogP contribution in [0, 0.1) is 0 Å². The van der Waals surface area contributed by atoms with E-state index in [4.69, 9.17) is 4.74 Å². The molecule has 1 rings (SSSR count). The van der Waals surface area contributed by atoms with Gasteiger partial charge in [-0.2, -0.15) is 0 Å². The van der Waals surface area contributed by atoms with E-state index in [1.807, 2.05) is 6.92 Å². The number of carbonyl (C=O) groups excluding carboxylic acids is 1. The third-order valence-electron chi connectivity index (χ3n) is 1.72. The molecule has 0 aliphatic carbocycles. The first-order valence-electron chi connectivity index (χ1n) is 4.83. The average molecular weight is 213 g/mol.